The van der Waals surface area contributed by atoms with Gasteiger partial charge in [-0.05, 0) is 6.42 Å². The highest BCUT2D eigenvalue weighted by Crippen LogP contribution is 2.03. The van der Waals surface area contributed by atoms with Gasteiger partial charge in [0.05, 0.1) is 0 Å². The lowest BCUT2D eigenvalue weighted by Gasteiger charge is -2.21. The van der Waals surface area contributed by atoms with Crippen LogP contribution in [-0.4, -0.2) is 90.4 Å². The minimum Gasteiger partial charge on any atom is -0.481 e. The maximum atomic E-state index is 10.1. The Hall–Kier alpha value is -2.12. The number of rotatable bonds is 9. The first-order valence-corrected chi connectivity index (χ1v) is 6.06. The average Bonchev–Trinajstić information content (AvgIpc) is 2.49. The molecule has 0 aromatic heterocycles. The summed E-state index contributed by atoms with van der Waals surface area (Å²) in [6.45, 7) is 0. The Morgan fingerprint density at radius 3 is 1.70 bits per heavy atom. The van der Waals surface area contributed by atoms with Gasteiger partial charge >= 0.3 is 17.9 Å². The molecule has 5 atom stereocenters. The first-order chi connectivity index (χ1) is 10.4. The largest absolute Gasteiger partial charge is 0.481 e. The molecule has 0 aromatic carbocycles. The van der Waals surface area contributed by atoms with Crippen molar-refractivity contribution in [3.05, 3.63) is 0 Å². The summed E-state index contributed by atoms with van der Waals surface area (Å²) < 4.78 is 0. The molecule has 0 radical (unpaired) electrons. The van der Waals surface area contributed by atoms with Gasteiger partial charge in [0.1, 0.15) is 24.4 Å². The zero-order valence-electron chi connectivity index (χ0n) is 11.7. The monoisotopic (exact) mass is 341 g/mol. The molecular formula is C11H19NO11. The second-order valence-corrected chi connectivity index (χ2v) is 4.27. The highest BCUT2D eigenvalue weighted by Gasteiger charge is 2.34. The number of carboxylic acids is 3. The Labute approximate surface area is 129 Å². The van der Waals surface area contributed by atoms with E-state index in [9.17, 15) is 19.2 Å². The predicted molar refractivity (Wildman–Crippen MR) is 70.2 cm³/mol. The van der Waals surface area contributed by atoms with Crippen LogP contribution in [0.25, 0.3) is 0 Å². The van der Waals surface area contributed by atoms with E-state index in [0.29, 0.717) is 0 Å². The van der Waals surface area contributed by atoms with Crippen LogP contribution in [0.15, 0.2) is 0 Å². The maximum absolute atomic E-state index is 10.1. The van der Waals surface area contributed by atoms with E-state index in [0.717, 1.165) is 0 Å². The van der Waals surface area contributed by atoms with Crippen LogP contribution in [0.4, 0.5) is 0 Å². The van der Waals surface area contributed by atoms with Crippen LogP contribution >= 0.6 is 0 Å². The van der Waals surface area contributed by atoms with Crippen molar-refractivity contribution in [1.29, 1.82) is 0 Å². The van der Waals surface area contributed by atoms with Crippen molar-refractivity contribution in [2.45, 2.75) is 43.3 Å². The van der Waals surface area contributed by atoms with Gasteiger partial charge in [0.15, 0.2) is 12.4 Å². The van der Waals surface area contributed by atoms with Crippen molar-refractivity contribution in [2.75, 3.05) is 0 Å². The van der Waals surface area contributed by atoms with E-state index in [4.69, 9.17) is 41.5 Å². The summed E-state index contributed by atoms with van der Waals surface area (Å²) in [5.41, 5.74) is 5.00. The fraction of sp³-hybridized carbons (Fsp3) is 0.636. The molecule has 0 amide bonds. The Bertz CT molecular complexity index is 413. The molecule has 0 fully saturated rings. The van der Waals surface area contributed by atoms with Crippen molar-refractivity contribution in [1.82, 2.24) is 0 Å². The number of carbonyl (C=O) groups is 4. The van der Waals surface area contributed by atoms with Crippen molar-refractivity contribution in [3.8, 4) is 0 Å². The number of aliphatic hydroxyl groups excluding tert-OH is 4. The SMILES string of the molecule is N[C@@H](CCC(=O)O)C(=O)O.O=C[C@H](O)[C@@H](O)[C@H](O)[C@H](O)C(=O)O. The Morgan fingerprint density at radius 1 is 0.913 bits per heavy atom. The van der Waals surface area contributed by atoms with E-state index >= 15 is 0 Å². The van der Waals surface area contributed by atoms with Gasteiger partial charge in [0.25, 0.3) is 0 Å². The smallest absolute Gasteiger partial charge is 0.335 e. The molecular weight excluding hydrogens is 322 g/mol. The number of hydrogen-bond acceptors (Lipinski definition) is 9. The summed E-state index contributed by atoms with van der Waals surface area (Å²) in [5, 5.41) is 59.5. The zero-order chi connectivity index (χ0) is 18.7. The molecule has 12 nitrogen and oxygen atoms in total. The summed E-state index contributed by atoms with van der Waals surface area (Å²) in [6.07, 6.45) is -8.62. The first kappa shape index (κ1) is 23.2. The molecule has 12 heteroatoms. The third kappa shape index (κ3) is 10.3. The lowest BCUT2D eigenvalue weighted by molar-refractivity contribution is -0.163. The van der Waals surface area contributed by atoms with E-state index in [-0.39, 0.29) is 19.1 Å². The van der Waals surface area contributed by atoms with Crippen LogP contribution in [0, 0.1) is 0 Å². The second-order valence-electron chi connectivity index (χ2n) is 4.27. The van der Waals surface area contributed by atoms with Gasteiger partial charge in [0.2, 0.25) is 0 Å². The molecule has 0 aliphatic carbocycles. The highest BCUT2D eigenvalue weighted by atomic mass is 16.4. The summed E-state index contributed by atoms with van der Waals surface area (Å²) in [4.78, 5) is 39.8. The molecule has 9 N–H and O–H groups in total. The number of aliphatic carboxylic acids is 3. The zero-order valence-corrected chi connectivity index (χ0v) is 11.7. The molecule has 0 saturated carbocycles. The quantitative estimate of drug-likeness (QED) is 0.187. The Morgan fingerprint density at radius 2 is 1.39 bits per heavy atom. The van der Waals surface area contributed by atoms with Gasteiger partial charge in [-0.1, -0.05) is 0 Å². The molecule has 0 bridgehead atoms. The topological polar surface area (TPSA) is 236 Å². The van der Waals surface area contributed by atoms with Crippen molar-refractivity contribution >= 4 is 24.2 Å². The molecule has 0 aliphatic rings. The van der Waals surface area contributed by atoms with Crippen LogP contribution in [0.2, 0.25) is 0 Å². The van der Waals surface area contributed by atoms with Gasteiger partial charge in [-0.15, -0.1) is 0 Å². The summed E-state index contributed by atoms with van der Waals surface area (Å²) in [5.74, 6) is -3.96. The minimum atomic E-state index is -2.25. The number of hydrogen-bond donors (Lipinski definition) is 8. The van der Waals surface area contributed by atoms with E-state index in [1.807, 2.05) is 0 Å². The number of carboxylic acid groups (broad SMARTS) is 3. The summed E-state index contributed by atoms with van der Waals surface area (Å²) in [7, 11) is 0. The Kier molecular flexibility index (Phi) is 11.5. The molecule has 0 saturated heterocycles. The number of nitrogens with two attached hydrogens (primary N) is 1. The second kappa shape index (κ2) is 11.4. The van der Waals surface area contributed by atoms with Gasteiger partial charge in [-0.25, -0.2) is 4.79 Å². The lowest BCUT2D eigenvalue weighted by Crippen LogP contribution is -2.48. The fourth-order valence-corrected chi connectivity index (χ4v) is 1.02. The van der Waals surface area contributed by atoms with E-state index in [2.05, 4.69) is 0 Å². The molecule has 0 rings (SSSR count). The van der Waals surface area contributed by atoms with Gasteiger partial charge in [-0.3, -0.25) is 9.59 Å². The van der Waals surface area contributed by atoms with Crippen LogP contribution in [0.1, 0.15) is 12.8 Å². The predicted octanol–water partition coefficient (Wildman–Crippen LogP) is -4.02. The molecule has 23 heavy (non-hydrogen) atoms. The molecule has 0 unspecified atom stereocenters. The van der Waals surface area contributed by atoms with Crippen LogP contribution in [0.3, 0.4) is 0 Å². The van der Waals surface area contributed by atoms with Gasteiger partial charge in [0, 0.05) is 6.42 Å². The van der Waals surface area contributed by atoms with Crippen LogP contribution < -0.4 is 5.73 Å². The summed E-state index contributed by atoms with van der Waals surface area (Å²) in [6, 6.07) is -1.06. The highest BCUT2D eigenvalue weighted by molar-refractivity contribution is 5.74. The Balaban J connectivity index is 0. The van der Waals surface area contributed by atoms with Crippen molar-refractivity contribution < 1.29 is 54.9 Å². The van der Waals surface area contributed by atoms with Crippen LogP contribution in [0.5, 0.6) is 0 Å². The maximum Gasteiger partial charge on any atom is 0.335 e. The number of aliphatic hydroxyl groups is 4. The minimum absolute atomic E-state index is 0.0231. The van der Waals surface area contributed by atoms with Gasteiger partial charge in [-0.2, -0.15) is 0 Å². The molecule has 0 aromatic rings. The standard InChI is InChI=1S/C6H10O7.C5H9NO4/c7-1-2(8)3(9)4(10)5(11)6(12)13;6-3(5(9)10)1-2-4(7)8/h1-5,8-11H,(H,12,13);3H,1-2,6H2,(H,7,8)(H,9,10)/t2-,3+,4-,5-;3-/m00/s1. The first-order valence-electron chi connectivity index (χ1n) is 6.06. The summed E-state index contributed by atoms with van der Waals surface area (Å²) >= 11 is 0. The third-order valence-corrected chi connectivity index (χ3v) is 2.40. The number of aldehydes is 1. The van der Waals surface area contributed by atoms with E-state index < -0.39 is 48.4 Å². The average molecular weight is 341 g/mol. The third-order valence-electron chi connectivity index (χ3n) is 2.40. The van der Waals surface area contributed by atoms with Gasteiger partial charge < -0.3 is 46.3 Å². The van der Waals surface area contributed by atoms with E-state index in [1.165, 1.54) is 0 Å². The number of carbonyl (C=O) groups excluding carboxylic acids is 1. The normalized spacial score (nSPS) is 16.7. The van der Waals surface area contributed by atoms with Crippen molar-refractivity contribution in [2.24, 2.45) is 5.73 Å². The lowest BCUT2D eigenvalue weighted by atomic mass is 10.0. The van der Waals surface area contributed by atoms with E-state index in [1.54, 1.807) is 0 Å². The molecule has 0 spiro atoms. The van der Waals surface area contributed by atoms with Crippen LogP contribution in [-0.2, 0) is 19.2 Å². The molecule has 134 valence electrons. The van der Waals surface area contributed by atoms with Crippen molar-refractivity contribution in [3.63, 3.8) is 0 Å². The molecule has 0 heterocycles. The fourth-order valence-electron chi connectivity index (χ4n) is 1.02. The molecule has 0 aliphatic heterocycles.